The zero-order chi connectivity index (χ0) is 23.0. The SMILES string of the molecule is CCCCC(=O)N1CCC(CC(C)(CCC2CCCCC2)C(=O)N(C)C(C)=C(C)C)C1. The van der Waals surface area contributed by atoms with Crippen molar-refractivity contribution in [2.75, 3.05) is 20.1 Å². The van der Waals surface area contributed by atoms with Crippen LogP contribution in [0.1, 0.15) is 112 Å². The fourth-order valence-electron chi connectivity index (χ4n) is 5.54. The quantitative estimate of drug-likeness (QED) is 0.392. The summed E-state index contributed by atoms with van der Waals surface area (Å²) in [6.07, 6.45) is 13.5. The maximum absolute atomic E-state index is 13.7. The Morgan fingerprint density at radius 1 is 1.03 bits per heavy atom. The first kappa shape index (κ1) is 25.9. The molecule has 0 bridgehead atoms. The Kier molecular flexibility index (Phi) is 10.1. The lowest BCUT2D eigenvalue weighted by Gasteiger charge is -2.37. The molecule has 2 fully saturated rings. The molecular formula is C27H48N2O2. The van der Waals surface area contributed by atoms with E-state index in [2.05, 4.69) is 39.5 Å². The van der Waals surface area contributed by atoms with Crippen molar-refractivity contribution in [1.82, 2.24) is 9.80 Å². The molecule has 4 heteroatoms. The highest BCUT2D eigenvalue weighted by atomic mass is 16.2. The van der Waals surface area contributed by atoms with Crippen LogP contribution in [-0.4, -0.2) is 41.8 Å². The van der Waals surface area contributed by atoms with Crippen molar-refractivity contribution in [3.63, 3.8) is 0 Å². The monoisotopic (exact) mass is 432 g/mol. The first-order chi connectivity index (χ1) is 14.7. The lowest BCUT2D eigenvalue weighted by molar-refractivity contribution is -0.139. The number of likely N-dealkylation sites (tertiary alicyclic amines) is 1. The molecule has 2 atom stereocenters. The van der Waals surface area contributed by atoms with Crippen LogP contribution in [0.4, 0.5) is 0 Å². The maximum atomic E-state index is 13.7. The fourth-order valence-corrected chi connectivity index (χ4v) is 5.54. The standard InChI is InChI=1S/C27H48N2O2/c1-7-8-14-25(30)29-18-16-24(20-29)19-27(5,17-15-23-12-10-9-11-13-23)26(31)28(6)22(4)21(2)3/h23-24H,7-20H2,1-6H3. The zero-order valence-corrected chi connectivity index (χ0v) is 21.3. The van der Waals surface area contributed by atoms with Gasteiger partial charge in [0.25, 0.3) is 0 Å². The zero-order valence-electron chi connectivity index (χ0n) is 21.3. The third-order valence-electron chi connectivity index (χ3n) is 8.00. The Morgan fingerprint density at radius 3 is 2.32 bits per heavy atom. The molecule has 0 aromatic rings. The highest BCUT2D eigenvalue weighted by molar-refractivity contribution is 5.83. The van der Waals surface area contributed by atoms with Gasteiger partial charge in [0.05, 0.1) is 0 Å². The number of hydrogen-bond acceptors (Lipinski definition) is 2. The van der Waals surface area contributed by atoms with Crippen molar-refractivity contribution in [3.05, 3.63) is 11.3 Å². The minimum absolute atomic E-state index is 0.262. The van der Waals surface area contributed by atoms with Gasteiger partial charge in [0, 0.05) is 37.7 Å². The molecule has 1 aliphatic heterocycles. The summed E-state index contributed by atoms with van der Waals surface area (Å²) in [5, 5.41) is 0. The second-order valence-electron chi connectivity index (χ2n) is 10.9. The van der Waals surface area contributed by atoms with Crippen LogP contribution in [0.3, 0.4) is 0 Å². The van der Waals surface area contributed by atoms with Gasteiger partial charge in [0.2, 0.25) is 11.8 Å². The van der Waals surface area contributed by atoms with Gasteiger partial charge in [-0.1, -0.05) is 57.9 Å². The second-order valence-corrected chi connectivity index (χ2v) is 10.9. The van der Waals surface area contributed by atoms with Gasteiger partial charge in [-0.3, -0.25) is 9.59 Å². The van der Waals surface area contributed by atoms with Crippen molar-refractivity contribution in [2.45, 2.75) is 112 Å². The molecule has 178 valence electrons. The molecule has 1 saturated carbocycles. The van der Waals surface area contributed by atoms with Crippen molar-refractivity contribution < 1.29 is 9.59 Å². The lowest BCUT2D eigenvalue weighted by Crippen LogP contribution is -2.41. The molecule has 2 rings (SSSR count). The first-order valence-electron chi connectivity index (χ1n) is 12.9. The van der Waals surface area contributed by atoms with Crippen LogP contribution in [0.2, 0.25) is 0 Å². The van der Waals surface area contributed by atoms with Gasteiger partial charge in [-0.2, -0.15) is 0 Å². The number of carbonyl (C=O) groups is 2. The lowest BCUT2D eigenvalue weighted by atomic mass is 9.73. The first-order valence-corrected chi connectivity index (χ1v) is 12.9. The molecule has 1 heterocycles. The molecular weight excluding hydrogens is 384 g/mol. The van der Waals surface area contributed by atoms with Crippen LogP contribution < -0.4 is 0 Å². The van der Waals surface area contributed by atoms with Crippen molar-refractivity contribution in [2.24, 2.45) is 17.3 Å². The number of nitrogens with zero attached hydrogens (tertiary/aromatic N) is 2. The third kappa shape index (κ3) is 7.36. The highest BCUT2D eigenvalue weighted by Crippen LogP contribution is 2.40. The van der Waals surface area contributed by atoms with E-state index in [0.29, 0.717) is 18.2 Å². The molecule has 2 amide bonds. The van der Waals surface area contributed by atoms with E-state index >= 15 is 0 Å². The number of carbonyl (C=O) groups excluding carboxylic acids is 2. The van der Waals surface area contributed by atoms with E-state index in [1.165, 1.54) is 37.7 Å². The minimum Gasteiger partial charge on any atom is -0.342 e. The van der Waals surface area contributed by atoms with E-state index in [0.717, 1.165) is 63.2 Å². The van der Waals surface area contributed by atoms with Gasteiger partial charge < -0.3 is 9.80 Å². The number of rotatable bonds is 10. The minimum atomic E-state index is -0.351. The van der Waals surface area contributed by atoms with Crippen LogP contribution in [0.25, 0.3) is 0 Å². The largest absolute Gasteiger partial charge is 0.342 e. The maximum Gasteiger partial charge on any atom is 0.232 e. The summed E-state index contributed by atoms with van der Waals surface area (Å²) in [6, 6.07) is 0. The molecule has 0 spiro atoms. The van der Waals surface area contributed by atoms with E-state index in [9.17, 15) is 9.59 Å². The van der Waals surface area contributed by atoms with E-state index in [4.69, 9.17) is 0 Å². The number of unbranched alkanes of at least 4 members (excludes halogenated alkanes) is 1. The molecule has 4 nitrogen and oxygen atoms in total. The molecule has 2 unspecified atom stereocenters. The van der Waals surface area contributed by atoms with Crippen LogP contribution in [0, 0.1) is 17.3 Å². The van der Waals surface area contributed by atoms with E-state index < -0.39 is 0 Å². The normalized spacial score (nSPS) is 21.6. The summed E-state index contributed by atoms with van der Waals surface area (Å²) in [5.74, 6) is 1.78. The molecule has 1 saturated heterocycles. The summed E-state index contributed by atoms with van der Waals surface area (Å²) in [5.41, 5.74) is 1.91. The molecule has 0 aromatic carbocycles. The average Bonchev–Trinajstić information content (AvgIpc) is 3.23. The summed E-state index contributed by atoms with van der Waals surface area (Å²) >= 11 is 0. The molecule has 0 N–H and O–H groups in total. The second kappa shape index (κ2) is 12.1. The van der Waals surface area contributed by atoms with E-state index in [-0.39, 0.29) is 11.3 Å². The Labute approximate surface area is 191 Å². The summed E-state index contributed by atoms with van der Waals surface area (Å²) in [4.78, 5) is 30.2. The summed E-state index contributed by atoms with van der Waals surface area (Å²) in [7, 11) is 1.94. The Morgan fingerprint density at radius 2 is 1.71 bits per heavy atom. The number of amides is 2. The topological polar surface area (TPSA) is 40.6 Å². The van der Waals surface area contributed by atoms with E-state index in [1.807, 2.05) is 11.9 Å². The smallest absolute Gasteiger partial charge is 0.232 e. The molecule has 0 aromatic heterocycles. The number of allylic oxidation sites excluding steroid dienone is 2. The van der Waals surface area contributed by atoms with Crippen LogP contribution in [0.15, 0.2) is 11.3 Å². The Bertz CT molecular complexity index is 631. The van der Waals surface area contributed by atoms with Crippen molar-refractivity contribution in [3.8, 4) is 0 Å². The van der Waals surface area contributed by atoms with Crippen LogP contribution in [-0.2, 0) is 9.59 Å². The van der Waals surface area contributed by atoms with Gasteiger partial charge in [0.1, 0.15) is 0 Å². The van der Waals surface area contributed by atoms with Crippen molar-refractivity contribution in [1.29, 1.82) is 0 Å². The van der Waals surface area contributed by atoms with Crippen molar-refractivity contribution >= 4 is 11.8 Å². The van der Waals surface area contributed by atoms with Gasteiger partial charge in [-0.15, -0.1) is 0 Å². The predicted molar refractivity (Wildman–Crippen MR) is 130 cm³/mol. The Balaban J connectivity index is 2.08. The summed E-state index contributed by atoms with van der Waals surface area (Å²) < 4.78 is 0. The van der Waals surface area contributed by atoms with Gasteiger partial charge in [-0.25, -0.2) is 0 Å². The molecule has 31 heavy (non-hydrogen) atoms. The van der Waals surface area contributed by atoms with E-state index in [1.54, 1.807) is 0 Å². The fraction of sp³-hybridized carbons (Fsp3) is 0.852. The average molecular weight is 433 g/mol. The molecule has 0 radical (unpaired) electrons. The van der Waals surface area contributed by atoms with Crippen LogP contribution >= 0.6 is 0 Å². The highest BCUT2D eigenvalue weighted by Gasteiger charge is 2.40. The molecule has 1 aliphatic carbocycles. The van der Waals surface area contributed by atoms with Crippen LogP contribution in [0.5, 0.6) is 0 Å². The van der Waals surface area contributed by atoms with Gasteiger partial charge >= 0.3 is 0 Å². The van der Waals surface area contributed by atoms with Gasteiger partial charge in [-0.05, 0) is 64.7 Å². The van der Waals surface area contributed by atoms with Gasteiger partial charge in [0.15, 0.2) is 0 Å². The predicted octanol–water partition coefficient (Wildman–Crippen LogP) is 6.55. The molecule has 2 aliphatic rings. The summed E-state index contributed by atoms with van der Waals surface area (Å²) in [6.45, 7) is 12.2. The third-order valence-corrected chi connectivity index (χ3v) is 8.00. The number of hydrogen-bond donors (Lipinski definition) is 0. The Hall–Kier alpha value is -1.32.